The van der Waals surface area contributed by atoms with E-state index in [1.54, 1.807) is 12.1 Å². The molecule has 0 radical (unpaired) electrons. The normalized spacial score (nSPS) is 25.1. The van der Waals surface area contributed by atoms with Gasteiger partial charge in [-0.05, 0) is 31.5 Å². The second-order valence-corrected chi connectivity index (χ2v) is 4.92. The maximum absolute atomic E-state index is 13.6. The molecule has 0 aromatic heterocycles. The summed E-state index contributed by atoms with van der Waals surface area (Å²) in [6.45, 7) is 6.66. The predicted molar refractivity (Wildman–Crippen MR) is 68.2 cm³/mol. The third-order valence-corrected chi connectivity index (χ3v) is 3.12. The second kappa shape index (κ2) is 5.67. The minimum absolute atomic E-state index is 0.233. The van der Waals surface area contributed by atoms with Crippen LogP contribution in [0.2, 0.25) is 0 Å². The van der Waals surface area contributed by atoms with Gasteiger partial charge in [0.1, 0.15) is 0 Å². The van der Waals surface area contributed by atoms with Crippen molar-refractivity contribution in [1.29, 1.82) is 0 Å². The van der Waals surface area contributed by atoms with Gasteiger partial charge in [0.2, 0.25) is 0 Å². The molecule has 3 nitrogen and oxygen atoms in total. The topological polar surface area (TPSA) is 21.7 Å². The van der Waals surface area contributed by atoms with Crippen LogP contribution < -0.4 is 4.74 Å². The summed E-state index contributed by atoms with van der Waals surface area (Å²) in [5.74, 6) is -0.00757. The molecule has 100 valence electrons. The Morgan fingerprint density at radius 2 is 2.00 bits per heavy atom. The first-order chi connectivity index (χ1) is 8.58. The fourth-order valence-corrected chi connectivity index (χ4v) is 2.48. The SMILES string of the molecule is COc1ccc(CN2CC(C)OC(C)C2)cc1F. The van der Waals surface area contributed by atoms with E-state index in [1.165, 1.54) is 7.11 Å². The highest BCUT2D eigenvalue weighted by Gasteiger charge is 2.22. The van der Waals surface area contributed by atoms with Crippen molar-refractivity contribution in [3.8, 4) is 5.75 Å². The number of rotatable bonds is 3. The first-order valence-corrected chi connectivity index (χ1v) is 6.28. The van der Waals surface area contributed by atoms with Crippen LogP contribution >= 0.6 is 0 Å². The maximum atomic E-state index is 13.6. The standard InChI is InChI=1S/C14H20FNO2/c1-10-7-16(8-11(2)18-10)9-12-4-5-14(17-3)13(15)6-12/h4-6,10-11H,7-9H2,1-3H3. The molecule has 0 amide bonds. The summed E-state index contributed by atoms with van der Waals surface area (Å²) in [6, 6.07) is 5.13. The van der Waals surface area contributed by atoms with Crippen molar-refractivity contribution in [3.05, 3.63) is 29.6 Å². The van der Waals surface area contributed by atoms with Crippen LogP contribution in [0.15, 0.2) is 18.2 Å². The molecule has 2 atom stereocenters. The van der Waals surface area contributed by atoms with E-state index in [2.05, 4.69) is 18.7 Å². The first-order valence-electron chi connectivity index (χ1n) is 6.28. The molecule has 0 bridgehead atoms. The van der Waals surface area contributed by atoms with Gasteiger partial charge in [0.25, 0.3) is 0 Å². The number of hydrogen-bond donors (Lipinski definition) is 0. The molecule has 1 aliphatic rings. The van der Waals surface area contributed by atoms with E-state index in [0.29, 0.717) is 5.75 Å². The summed E-state index contributed by atoms with van der Waals surface area (Å²) in [5.41, 5.74) is 0.967. The Kier molecular flexibility index (Phi) is 4.19. The number of benzene rings is 1. The van der Waals surface area contributed by atoms with Crippen molar-refractivity contribution in [3.63, 3.8) is 0 Å². The number of nitrogens with zero attached hydrogens (tertiary/aromatic N) is 1. The zero-order valence-corrected chi connectivity index (χ0v) is 11.1. The molecular formula is C14H20FNO2. The average molecular weight is 253 g/mol. The lowest BCUT2D eigenvalue weighted by atomic mass is 10.1. The third kappa shape index (κ3) is 3.21. The molecule has 0 saturated carbocycles. The van der Waals surface area contributed by atoms with Crippen molar-refractivity contribution in [2.24, 2.45) is 0 Å². The van der Waals surface area contributed by atoms with Crippen molar-refractivity contribution in [2.75, 3.05) is 20.2 Å². The van der Waals surface area contributed by atoms with E-state index in [0.717, 1.165) is 25.2 Å². The Morgan fingerprint density at radius 1 is 1.33 bits per heavy atom. The number of methoxy groups -OCH3 is 1. The largest absolute Gasteiger partial charge is 0.494 e. The number of ether oxygens (including phenoxy) is 2. The molecule has 1 aliphatic heterocycles. The summed E-state index contributed by atoms with van der Waals surface area (Å²) in [4.78, 5) is 2.29. The zero-order valence-electron chi connectivity index (χ0n) is 11.1. The first kappa shape index (κ1) is 13.3. The summed E-state index contributed by atoms with van der Waals surface area (Å²) < 4.78 is 24.2. The lowest BCUT2D eigenvalue weighted by Crippen LogP contribution is -2.44. The van der Waals surface area contributed by atoms with Gasteiger partial charge >= 0.3 is 0 Å². The predicted octanol–water partition coefficient (Wildman–Crippen LogP) is 2.44. The Bertz CT molecular complexity index is 401. The van der Waals surface area contributed by atoms with Crippen LogP contribution in [-0.4, -0.2) is 37.3 Å². The van der Waals surface area contributed by atoms with Crippen molar-refractivity contribution >= 4 is 0 Å². The molecule has 4 heteroatoms. The van der Waals surface area contributed by atoms with E-state index in [1.807, 2.05) is 6.07 Å². The number of morpholine rings is 1. The van der Waals surface area contributed by atoms with E-state index >= 15 is 0 Å². The number of halogens is 1. The van der Waals surface area contributed by atoms with Crippen LogP contribution in [0, 0.1) is 5.82 Å². The van der Waals surface area contributed by atoms with Crippen LogP contribution in [0.5, 0.6) is 5.75 Å². The van der Waals surface area contributed by atoms with Crippen LogP contribution in [0.1, 0.15) is 19.4 Å². The lowest BCUT2D eigenvalue weighted by Gasteiger charge is -2.35. The van der Waals surface area contributed by atoms with Crippen molar-refractivity contribution in [1.82, 2.24) is 4.90 Å². The van der Waals surface area contributed by atoms with Gasteiger partial charge in [0, 0.05) is 19.6 Å². The van der Waals surface area contributed by atoms with Gasteiger partial charge in [-0.2, -0.15) is 0 Å². The van der Waals surface area contributed by atoms with Crippen molar-refractivity contribution in [2.45, 2.75) is 32.6 Å². The van der Waals surface area contributed by atoms with E-state index in [4.69, 9.17) is 9.47 Å². The van der Waals surface area contributed by atoms with E-state index in [9.17, 15) is 4.39 Å². The van der Waals surface area contributed by atoms with Crippen LogP contribution in [-0.2, 0) is 11.3 Å². The molecule has 1 heterocycles. The highest BCUT2D eigenvalue weighted by atomic mass is 19.1. The molecule has 1 aromatic rings. The zero-order chi connectivity index (χ0) is 13.1. The van der Waals surface area contributed by atoms with Gasteiger partial charge in [0.15, 0.2) is 11.6 Å². The smallest absolute Gasteiger partial charge is 0.165 e. The summed E-state index contributed by atoms with van der Waals surface area (Å²) >= 11 is 0. The molecule has 1 fully saturated rings. The third-order valence-electron chi connectivity index (χ3n) is 3.12. The Morgan fingerprint density at radius 3 is 2.56 bits per heavy atom. The second-order valence-electron chi connectivity index (χ2n) is 4.92. The van der Waals surface area contributed by atoms with Gasteiger partial charge in [-0.1, -0.05) is 6.07 Å². The number of hydrogen-bond acceptors (Lipinski definition) is 3. The quantitative estimate of drug-likeness (QED) is 0.826. The average Bonchev–Trinajstić information content (AvgIpc) is 2.27. The Hall–Kier alpha value is -1.13. The molecule has 1 saturated heterocycles. The minimum atomic E-state index is -0.302. The molecule has 18 heavy (non-hydrogen) atoms. The molecule has 0 aliphatic carbocycles. The molecule has 2 unspecified atom stereocenters. The van der Waals surface area contributed by atoms with Gasteiger partial charge in [0.05, 0.1) is 19.3 Å². The van der Waals surface area contributed by atoms with Gasteiger partial charge in [-0.3, -0.25) is 4.90 Å². The van der Waals surface area contributed by atoms with E-state index < -0.39 is 0 Å². The van der Waals surface area contributed by atoms with Gasteiger partial charge in [-0.15, -0.1) is 0 Å². The molecule has 1 aromatic carbocycles. The fraction of sp³-hybridized carbons (Fsp3) is 0.571. The fourth-order valence-electron chi connectivity index (χ4n) is 2.48. The van der Waals surface area contributed by atoms with Crippen molar-refractivity contribution < 1.29 is 13.9 Å². The molecule has 2 rings (SSSR count). The van der Waals surface area contributed by atoms with E-state index in [-0.39, 0.29) is 18.0 Å². The molecule has 0 spiro atoms. The van der Waals surface area contributed by atoms with Gasteiger partial charge in [-0.25, -0.2) is 4.39 Å². The summed E-state index contributed by atoms with van der Waals surface area (Å²) in [5, 5.41) is 0. The van der Waals surface area contributed by atoms with Crippen LogP contribution in [0.4, 0.5) is 4.39 Å². The highest BCUT2D eigenvalue weighted by Crippen LogP contribution is 2.20. The Balaban J connectivity index is 2.02. The monoisotopic (exact) mass is 253 g/mol. The summed E-state index contributed by atoms with van der Waals surface area (Å²) in [7, 11) is 1.48. The molecular weight excluding hydrogens is 233 g/mol. The maximum Gasteiger partial charge on any atom is 0.165 e. The van der Waals surface area contributed by atoms with Crippen LogP contribution in [0.3, 0.4) is 0 Å². The Labute approximate surface area is 107 Å². The van der Waals surface area contributed by atoms with Crippen LogP contribution in [0.25, 0.3) is 0 Å². The molecule has 0 N–H and O–H groups in total. The lowest BCUT2D eigenvalue weighted by molar-refractivity contribution is -0.0705. The minimum Gasteiger partial charge on any atom is -0.494 e. The van der Waals surface area contributed by atoms with Gasteiger partial charge < -0.3 is 9.47 Å². The highest BCUT2D eigenvalue weighted by molar-refractivity contribution is 5.29. The summed E-state index contributed by atoms with van der Waals surface area (Å²) in [6.07, 6.45) is 0.466.